The van der Waals surface area contributed by atoms with Gasteiger partial charge in [0.15, 0.2) is 0 Å². The first-order chi connectivity index (χ1) is 27.3. The van der Waals surface area contributed by atoms with Crippen molar-refractivity contribution in [3.05, 3.63) is 176 Å². The maximum atomic E-state index is 6.88. The molecule has 0 aliphatic carbocycles. The summed E-state index contributed by atoms with van der Waals surface area (Å²) in [5.41, 5.74) is 5.15. The van der Waals surface area contributed by atoms with Crippen LogP contribution in [0.1, 0.15) is 0 Å². The molecule has 0 bridgehead atoms. The summed E-state index contributed by atoms with van der Waals surface area (Å²) in [4.78, 5) is 2.47. The Morgan fingerprint density at radius 1 is 0.345 bits per heavy atom. The van der Waals surface area contributed by atoms with E-state index in [-0.39, 0.29) is 0 Å². The fourth-order valence-electron chi connectivity index (χ4n) is 9.53. The van der Waals surface area contributed by atoms with Gasteiger partial charge >= 0.3 is 0 Å². The van der Waals surface area contributed by atoms with E-state index in [1.165, 1.54) is 84.8 Å². The van der Waals surface area contributed by atoms with Crippen LogP contribution in [0.25, 0.3) is 107 Å². The summed E-state index contributed by atoms with van der Waals surface area (Å²) in [7, 11) is 0. The van der Waals surface area contributed by atoms with Crippen molar-refractivity contribution >= 4 is 135 Å². The fraction of sp³-hybridized carbons (Fsp3) is 0. The molecule has 3 heteroatoms. The zero-order valence-corrected chi connectivity index (χ0v) is 30.3. The van der Waals surface area contributed by atoms with Gasteiger partial charge in [-0.05, 0) is 102 Å². The molecule has 0 unspecified atom stereocenters. The van der Waals surface area contributed by atoms with Crippen molar-refractivity contribution in [2.75, 3.05) is 4.90 Å². The van der Waals surface area contributed by atoms with Gasteiger partial charge in [0.25, 0.3) is 0 Å². The molecule has 0 N–H and O–H groups in total. The van der Waals surface area contributed by atoms with E-state index in [1.807, 2.05) is 11.3 Å². The Hall–Kier alpha value is -6.94. The number of hydrogen-bond acceptors (Lipinski definition) is 3. The van der Waals surface area contributed by atoms with Crippen LogP contribution in [0.15, 0.2) is 180 Å². The second-order valence-electron chi connectivity index (χ2n) is 14.8. The van der Waals surface area contributed by atoms with Gasteiger partial charge in [-0.2, -0.15) is 0 Å². The molecule has 0 atom stereocenters. The summed E-state index contributed by atoms with van der Waals surface area (Å²) >= 11 is 1.86. The molecule has 2 aromatic heterocycles. The van der Waals surface area contributed by atoms with Crippen molar-refractivity contribution in [3.8, 4) is 0 Å². The lowest BCUT2D eigenvalue weighted by molar-refractivity contribution is 0.669. The SMILES string of the molecule is c1cc2ccc3ccc(N(c4ccc5c(c4)oc4cc6c7ccccc7c7ccccc7c6cc45)c4cccc5c4sc4ccccc45)c4ccc(c1)c2c34. The number of benzene rings is 11. The van der Waals surface area contributed by atoms with Gasteiger partial charge in [0.05, 0.1) is 16.1 Å². The molecular formula is C52H29NOS. The molecule has 0 aliphatic rings. The summed E-state index contributed by atoms with van der Waals surface area (Å²) in [6.45, 7) is 0. The number of anilines is 3. The molecule has 2 heterocycles. The molecule has 55 heavy (non-hydrogen) atoms. The topological polar surface area (TPSA) is 16.4 Å². The monoisotopic (exact) mass is 715 g/mol. The minimum atomic E-state index is 0.877. The Morgan fingerprint density at radius 3 is 1.71 bits per heavy atom. The number of thiophene rings is 1. The van der Waals surface area contributed by atoms with E-state index in [9.17, 15) is 0 Å². The third kappa shape index (κ3) is 4.03. The Balaban J connectivity index is 1.11. The first kappa shape index (κ1) is 29.5. The number of nitrogens with zero attached hydrogens (tertiary/aromatic N) is 1. The maximum absolute atomic E-state index is 6.88. The van der Waals surface area contributed by atoms with Crippen LogP contribution in [-0.2, 0) is 0 Å². The van der Waals surface area contributed by atoms with Crippen LogP contribution in [0.3, 0.4) is 0 Å². The minimum Gasteiger partial charge on any atom is -0.456 e. The highest BCUT2D eigenvalue weighted by Gasteiger charge is 2.23. The van der Waals surface area contributed by atoms with Crippen molar-refractivity contribution in [2.24, 2.45) is 0 Å². The van der Waals surface area contributed by atoms with Crippen LogP contribution < -0.4 is 4.90 Å². The van der Waals surface area contributed by atoms with Gasteiger partial charge in [-0.25, -0.2) is 0 Å². The van der Waals surface area contributed by atoms with Crippen LogP contribution in [0.4, 0.5) is 17.1 Å². The lowest BCUT2D eigenvalue weighted by atomic mass is 9.93. The van der Waals surface area contributed by atoms with Crippen LogP contribution in [0.5, 0.6) is 0 Å². The van der Waals surface area contributed by atoms with Gasteiger partial charge < -0.3 is 9.32 Å². The van der Waals surface area contributed by atoms with E-state index in [0.29, 0.717) is 0 Å². The van der Waals surface area contributed by atoms with Crippen molar-refractivity contribution in [2.45, 2.75) is 0 Å². The Morgan fingerprint density at radius 2 is 0.927 bits per heavy atom. The van der Waals surface area contributed by atoms with Crippen LogP contribution in [0.2, 0.25) is 0 Å². The molecule has 254 valence electrons. The molecule has 0 spiro atoms. The van der Waals surface area contributed by atoms with Crippen LogP contribution in [-0.4, -0.2) is 0 Å². The van der Waals surface area contributed by atoms with Gasteiger partial charge in [0.2, 0.25) is 0 Å². The molecule has 0 fully saturated rings. The van der Waals surface area contributed by atoms with Gasteiger partial charge in [-0.15, -0.1) is 11.3 Å². The third-order valence-electron chi connectivity index (χ3n) is 11.9. The number of fused-ring (bicyclic) bond motifs is 12. The first-order valence-electron chi connectivity index (χ1n) is 18.8. The van der Waals surface area contributed by atoms with Crippen molar-refractivity contribution in [3.63, 3.8) is 0 Å². The van der Waals surface area contributed by atoms with Gasteiger partial charge in [-0.1, -0.05) is 127 Å². The minimum absolute atomic E-state index is 0.877. The second kappa shape index (κ2) is 10.8. The molecule has 0 aliphatic heterocycles. The Labute approximate surface area is 319 Å². The van der Waals surface area contributed by atoms with Crippen molar-refractivity contribution in [1.29, 1.82) is 0 Å². The molecule has 0 saturated carbocycles. The predicted octanol–water partition coefficient (Wildman–Crippen LogP) is 15.8. The van der Waals surface area contributed by atoms with E-state index in [0.717, 1.165) is 39.0 Å². The van der Waals surface area contributed by atoms with E-state index in [1.54, 1.807) is 0 Å². The van der Waals surface area contributed by atoms with Crippen molar-refractivity contribution < 1.29 is 4.42 Å². The quantitative estimate of drug-likeness (QED) is 0.169. The number of rotatable bonds is 3. The number of furan rings is 1. The fourth-order valence-corrected chi connectivity index (χ4v) is 10.7. The summed E-state index contributed by atoms with van der Waals surface area (Å²) in [6, 6.07) is 64.8. The van der Waals surface area contributed by atoms with Gasteiger partial charge in [0.1, 0.15) is 11.2 Å². The van der Waals surface area contributed by atoms with Crippen LogP contribution >= 0.6 is 11.3 Å². The highest BCUT2D eigenvalue weighted by atomic mass is 32.1. The highest BCUT2D eigenvalue weighted by Crippen LogP contribution is 2.49. The zero-order chi connectivity index (χ0) is 35.8. The highest BCUT2D eigenvalue weighted by molar-refractivity contribution is 7.26. The Bertz CT molecular complexity index is 3720. The van der Waals surface area contributed by atoms with Crippen LogP contribution in [0, 0.1) is 0 Å². The summed E-state index contributed by atoms with van der Waals surface area (Å²) in [5, 5.41) is 20.0. The maximum Gasteiger partial charge on any atom is 0.137 e. The molecule has 0 radical (unpaired) electrons. The normalized spacial score (nSPS) is 12.4. The molecular weight excluding hydrogens is 687 g/mol. The predicted molar refractivity (Wildman–Crippen MR) is 238 cm³/mol. The average molecular weight is 716 g/mol. The second-order valence-corrected chi connectivity index (χ2v) is 15.8. The van der Waals surface area contributed by atoms with E-state index >= 15 is 0 Å². The summed E-state index contributed by atoms with van der Waals surface area (Å²) in [6.07, 6.45) is 0. The lowest BCUT2D eigenvalue weighted by Gasteiger charge is -2.28. The summed E-state index contributed by atoms with van der Waals surface area (Å²) < 4.78 is 9.44. The lowest BCUT2D eigenvalue weighted by Crippen LogP contribution is -2.10. The summed E-state index contributed by atoms with van der Waals surface area (Å²) in [5.74, 6) is 0. The average Bonchev–Trinajstić information content (AvgIpc) is 3.81. The molecule has 13 aromatic rings. The van der Waals surface area contributed by atoms with E-state index in [4.69, 9.17) is 4.42 Å². The zero-order valence-electron chi connectivity index (χ0n) is 29.5. The molecule has 0 amide bonds. The standard InChI is InChI=1S/C52H29NOS/c1-3-13-36-34(11-1)35-12-2-4-14-37(35)43-29-48-44(28-42(36)43)38-25-23-33(27-47(38)54-48)53(46-17-8-16-40-39-15-5-6-18-49(39)55-52(40)46)45-26-22-32-20-19-30-9-7-10-31-21-24-41(45)51(32)50(30)31/h1-29H. The van der Waals surface area contributed by atoms with Gasteiger partial charge in [0, 0.05) is 43.4 Å². The van der Waals surface area contributed by atoms with Gasteiger partial charge in [-0.3, -0.25) is 0 Å². The first-order valence-corrected chi connectivity index (χ1v) is 19.6. The molecule has 0 saturated heterocycles. The molecule has 2 nitrogen and oxygen atoms in total. The third-order valence-corrected chi connectivity index (χ3v) is 13.2. The van der Waals surface area contributed by atoms with Crippen molar-refractivity contribution in [1.82, 2.24) is 0 Å². The number of hydrogen-bond donors (Lipinski definition) is 0. The molecule has 13 rings (SSSR count). The molecule has 11 aromatic carbocycles. The Kier molecular flexibility index (Phi) is 5.80. The largest absolute Gasteiger partial charge is 0.456 e. The smallest absolute Gasteiger partial charge is 0.137 e. The van der Waals surface area contributed by atoms with E-state index in [2.05, 4.69) is 181 Å². The van der Waals surface area contributed by atoms with E-state index < -0.39 is 0 Å².